The van der Waals surface area contributed by atoms with Gasteiger partial charge in [0.1, 0.15) is 0 Å². The van der Waals surface area contributed by atoms with Crippen molar-refractivity contribution in [1.82, 2.24) is 10.1 Å². The molecule has 0 saturated heterocycles. The van der Waals surface area contributed by atoms with E-state index in [9.17, 15) is 0 Å². The first-order valence-electron chi connectivity index (χ1n) is 4.27. The first kappa shape index (κ1) is 9.36. The van der Waals surface area contributed by atoms with Crippen LogP contribution in [0.1, 0.15) is 27.2 Å². The molecule has 0 saturated carbocycles. The molecule has 14 heavy (non-hydrogen) atoms. The van der Waals surface area contributed by atoms with Gasteiger partial charge in [-0.15, -0.1) is 11.3 Å². The summed E-state index contributed by atoms with van der Waals surface area (Å²) in [4.78, 5) is 6.40. The van der Waals surface area contributed by atoms with Gasteiger partial charge in [0.25, 0.3) is 0 Å². The maximum absolute atomic E-state index is 6.00. The number of hydrogen-bond donors (Lipinski definition) is 1. The molecular formula is C9H11N3OS. The van der Waals surface area contributed by atoms with Gasteiger partial charge in [0.15, 0.2) is 5.82 Å². The lowest BCUT2D eigenvalue weighted by molar-refractivity contribution is 0.407. The summed E-state index contributed by atoms with van der Waals surface area (Å²) < 4.78 is 4.67. The van der Waals surface area contributed by atoms with Crippen LogP contribution in [0, 0.1) is 13.8 Å². The molecule has 0 fully saturated rings. The molecule has 74 valence electrons. The van der Waals surface area contributed by atoms with Gasteiger partial charge in [-0.1, -0.05) is 5.16 Å². The highest BCUT2D eigenvalue weighted by Crippen LogP contribution is 2.27. The molecular weight excluding hydrogens is 198 g/mol. The molecule has 5 heteroatoms. The molecule has 1 atom stereocenters. The molecule has 0 aliphatic carbocycles. The molecule has 0 spiro atoms. The summed E-state index contributed by atoms with van der Waals surface area (Å²) in [6, 6.07) is 1.79. The minimum absolute atomic E-state index is 0.279. The fraction of sp³-hybridized carbons (Fsp3) is 0.333. The molecule has 1 unspecified atom stereocenters. The molecule has 0 bridgehead atoms. The van der Waals surface area contributed by atoms with Gasteiger partial charge in [-0.25, -0.2) is 0 Å². The van der Waals surface area contributed by atoms with E-state index in [0.717, 1.165) is 5.56 Å². The van der Waals surface area contributed by atoms with Crippen LogP contribution >= 0.6 is 11.3 Å². The maximum Gasteiger partial charge on any atom is 0.213 e. The Hall–Kier alpha value is -1.20. The van der Waals surface area contributed by atoms with E-state index in [0.29, 0.717) is 5.82 Å². The topological polar surface area (TPSA) is 64.9 Å². The number of nitrogens with two attached hydrogens (primary N) is 1. The van der Waals surface area contributed by atoms with Gasteiger partial charge in [-0.05, 0) is 25.5 Å². The molecule has 2 aromatic rings. The molecule has 0 radical (unpaired) electrons. The van der Waals surface area contributed by atoms with Crippen LogP contribution in [0.2, 0.25) is 0 Å². The van der Waals surface area contributed by atoms with Crippen molar-refractivity contribution in [1.29, 1.82) is 0 Å². The predicted octanol–water partition coefficient (Wildman–Crippen LogP) is 1.80. The zero-order chi connectivity index (χ0) is 10.1. The number of nitrogens with zero attached hydrogens (tertiary/aromatic N) is 2. The van der Waals surface area contributed by atoms with Gasteiger partial charge in [-0.3, -0.25) is 0 Å². The molecule has 0 aromatic carbocycles. The maximum atomic E-state index is 6.00. The number of aromatic nitrogens is 2. The highest BCUT2D eigenvalue weighted by Gasteiger charge is 2.17. The molecule has 2 heterocycles. The smallest absolute Gasteiger partial charge is 0.213 e. The Kier molecular flexibility index (Phi) is 2.35. The zero-order valence-electron chi connectivity index (χ0n) is 8.02. The van der Waals surface area contributed by atoms with E-state index in [2.05, 4.69) is 27.7 Å². The first-order valence-corrected chi connectivity index (χ1v) is 5.09. The number of rotatable bonds is 2. The summed E-state index contributed by atoms with van der Waals surface area (Å²) in [6.45, 7) is 4.11. The van der Waals surface area contributed by atoms with Crippen LogP contribution in [0.25, 0.3) is 0 Å². The second kappa shape index (κ2) is 3.51. The first-order chi connectivity index (χ1) is 6.68. The number of aryl methyl sites for hydroxylation is 2. The van der Waals surface area contributed by atoms with Crippen LogP contribution in [0.15, 0.2) is 17.0 Å². The van der Waals surface area contributed by atoms with E-state index in [1.807, 2.05) is 6.92 Å². The second-order valence-corrected chi connectivity index (χ2v) is 4.60. The van der Waals surface area contributed by atoms with Crippen molar-refractivity contribution in [2.45, 2.75) is 19.9 Å². The standard InChI is InChI=1S/C9H11N3OS/c1-5-3-7(6(2)14-5)8(10)9-11-4-13-12-9/h3-4,8H,10H2,1-2H3. The SMILES string of the molecule is Cc1cc(C(N)c2ncon2)c(C)s1. The molecule has 0 aliphatic heterocycles. The summed E-state index contributed by atoms with van der Waals surface area (Å²) in [5.41, 5.74) is 7.07. The lowest BCUT2D eigenvalue weighted by Crippen LogP contribution is -2.13. The van der Waals surface area contributed by atoms with Crippen LogP contribution < -0.4 is 5.73 Å². The summed E-state index contributed by atoms with van der Waals surface area (Å²) >= 11 is 1.73. The quantitative estimate of drug-likeness (QED) is 0.819. The van der Waals surface area contributed by atoms with Gasteiger partial charge >= 0.3 is 0 Å². The molecule has 2 N–H and O–H groups in total. The molecule has 4 nitrogen and oxygen atoms in total. The predicted molar refractivity (Wildman–Crippen MR) is 54.1 cm³/mol. The minimum Gasteiger partial charge on any atom is -0.343 e. The van der Waals surface area contributed by atoms with Crippen molar-refractivity contribution in [3.05, 3.63) is 33.6 Å². The monoisotopic (exact) mass is 209 g/mol. The molecule has 2 rings (SSSR count). The molecule has 0 aliphatic rings. The summed E-state index contributed by atoms with van der Waals surface area (Å²) in [5, 5.41) is 3.74. The lowest BCUT2D eigenvalue weighted by Gasteiger charge is -2.05. The normalized spacial score (nSPS) is 13.1. The average Bonchev–Trinajstić information content (AvgIpc) is 2.73. The average molecular weight is 209 g/mol. The fourth-order valence-electron chi connectivity index (χ4n) is 1.41. The van der Waals surface area contributed by atoms with E-state index < -0.39 is 0 Å². The number of thiophene rings is 1. The molecule has 0 amide bonds. The van der Waals surface area contributed by atoms with E-state index in [1.54, 1.807) is 11.3 Å². The Morgan fingerprint density at radius 2 is 2.29 bits per heavy atom. The van der Waals surface area contributed by atoms with Crippen LogP contribution in [-0.2, 0) is 0 Å². The molecule has 2 aromatic heterocycles. The third-order valence-electron chi connectivity index (χ3n) is 2.07. The largest absolute Gasteiger partial charge is 0.343 e. The third-order valence-corrected chi connectivity index (χ3v) is 3.05. The van der Waals surface area contributed by atoms with Crippen molar-refractivity contribution >= 4 is 11.3 Å². The van der Waals surface area contributed by atoms with E-state index >= 15 is 0 Å². The Morgan fingerprint density at radius 3 is 2.79 bits per heavy atom. The van der Waals surface area contributed by atoms with Crippen molar-refractivity contribution in [3.63, 3.8) is 0 Å². The van der Waals surface area contributed by atoms with Crippen molar-refractivity contribution in [3.8, 4) is 0 Å². The van der Waals surface area contributed by atoms with Gasteiger partial charge in [0.2, 0.25) is 6.39 Å². The van der Waals surface area contributed by atoms with E-state index in [1.165, 1.54) is 16.1 Å². The Balaban J connectivity index is 2.36. The van der Waals surface area contributed by atoms with Crippen molar-refractivity contribution < 1.29 is 4.52 Å². The summed E-state index contributed by atoms with van der Waals surface area (Å²) in [7, 11) is 0. The van der Waals surface area contributed by atoms with Crippen LogP contribution in [-0.4, -0.2) is 10.1 Å². The van der Waals surface area contributed by atoms with Crippen molar-refractivity contribution in [2.75, 3.05) is 0 Å². The van der Waals surface area contributed by atoms with E-state index in [-0.39, 0.29) is 6.04 Å². The Morgan fingerprint density at radius 1 is 1.50 bits per heavy atom. The highest BCUT2D eigenvalue weighted by molar-refractivity contribution is 7.12. The summed E-state index contributed by atoms with van der Waals surface area (Å²) in [5.74, 6) is 0.533. The second-order valence-electron chi connectivity index (χ2n) is 3.14. The van der Waals surface area contributed by atoms with Gasteiger partial charge in [0.05, 0.1) is 6.04 Å². The fourth-order valence-corrected chi connectivity index (χ4v) is 2.39. The highest BCUT2D eigenvalue weighted by atomic mass is 32.1. The van der Waals surface area contributed by atoms with E-state index in [4.69, 9.17) is 5.73 Å². The zero-order valence-corrected chi connectivity index (χ0v) is 8.84. The van der Waals surface area contributed by atoms with Gasteiger partial charge in [0, 0.05) is 9.75 Å². The van der Waals surface area contributed by atoms with Crippen LogP contribution in [0.5, 0.6) is 0 Å². The van der Waals surface area contributed by atoms with Crippen molar-refractivity contribution in [2.24, 2.45) is 5.73 Å². The lowest BCUT2D eigenvalue weighted by atomic mass is 10.1. The summed E-state index contributed by atoms with van der Waals surface area (Å²) in [6.07, 6.45) is 1.30. The number of hydrogen-bond acceptors (Lipinski definition) is 5. The van der Waals surface area contributed by atoms with Gasteiger partial charge in [-0.2, -0.15) is 4.98 Å². The Labute approximate surface area is 85.7 Å². The van der Waals surface area contributed by atoms with Crippen LogP contribution in [0.4, 0.5) is 0 Å². The van der Waals surface area contributed by atoms with Crippen LogP contribution in [0.3, 0.4) is 0 Å². The minimum atomic E-state index is -0.279. The van der Waals surface area contributed by atoms with Gasteiger partial charge < -0.3 is 10.3 Å². The Bertz CT molecular complexity index is 421. The third kappa shape index (κ3) is 1.56.